The first kappa shape index (κ1) is 11.8. The number of benzene rings is 1. The van der Waals surface area contributed by atoms with Crippen LogP contribution in [0.25, 0.3) is 0 Å². The first-order chi connectivity index (χ1) is 8.16. The maximum absolute atomic E-state index is 5.90. The van der Waals surface area contributed by atoms with Crippen LogP contribution in [0.5, 0.6) is 11.5 Å². The van der Waals surface area contributed by atoms with Crippen LogP contribution in [0.2, 0.25) is 0 Å². The van der Waals surface area contributed by atoms with Crippen molar-refractivity contribution in [3.8, 4) is 11.5 Å². The highest BCUT2D eigenvalue weighted by atomic mass is 16.6. The molecule has 1 aromatic carbocycles. The molecule has 0 saturated carbocycles. The summed E-state index contributed by atoms with van der Waals surface area (Å²) < 4.78 is 11.3. The smallest absolute Gasteiger partial charge is 0.189 e. The van der Waals surface area contributed by atoms with Gasteiger partial charge < -0.3 is 15.2 Å². The number of amidine groups is 1. The first-order valence-corrected chi connectivity index (χ1v) is 5.85. The molecule has 2 rings (SSSR count). The van der Waals surface area contributed by atoms with Crippen LogP contribution in [0.1, 0.15) is 13.8 Å². The van der Waals surface area contributed by atoms with E-state index in [1.54, 1.807) is 0 Å². The van der Waals surface area contributed by atoms with Crippen LogP contribution in [0.4, 0.5) is 0 Å². The highest BCUT2D eigenvalue weighted by Gasteiger charge is 2.23. The van der Waals surface area contributed by atoms with Crippen molar-refractivity contribution >= 4 is 5.84 Å². The van der Waals surface area contributed by atoms with Crippen molar-refractivity contribution in [2.45, 2.75) is 20.0 Å². The Morgan fingerprint density at radius 2 is 2.12 bits per heavy atom. The molecule has 0 saturated heterocycles. The largest absolute Gasteiger partial charge is 0.485 e. The van der Waals surface area contributed by atoms with E-state index in [9.17, 15) is 0 Å². The van der Waals surface area contributed by atoms with Crippen LogP contribution < -0.4 is 15.2 Å². The molecule has 92 valence electrons. The van der Waals surface area contributed by atoms with Gasteiger partial charge in [-0.15, -0.1) is 0 Å². The Balaban J connectivity index is 2.04. The number of aliphatic imine (C=N–C) groups is 1. The Bertz CT molecular complexity index is 416. The second-order valence-electron chi connectivity index (χ2n) is 4.52. The Labute approximate surface area is 101 Å². The normalized spacial score (nSPS) is 19.5. The molecular formula is C13H18N2O2. The van der Waals surface area contributed by atoms with E-state index >= 15 is 0 Å². The number of rotatable bonds is 3. The van der Waals surface area contributed by atoms with Crippen molar-refractivity contribution < 1.29 is 9.47 Å². The van der Waals surface area contributed by atoms with Crippen LogP contribution >= 0.6 is 0 Å². The number of nitrogens with two attached hydrogens (primary N) is 1. The van der Waals surface area contributed by atoms with Crippen molar-refractivity contribution in [1.29, 1.82) is 0 Å². The molecule has 0 bridgehead atoms. The monoisotopic (exact) mass is 234 g/mol. The zero-order valence-corrected chi connectivity index (χ0v) is 10.2. The quantitative estimate of drug-likeness (QED) is 0.641. The first-order valence-electron chi connectivity index (χ1n) is 5.85. The topological polar surface area (TPSA) is 56.8 Å². The summed E-state index contributed by atoms with van der Waals surface area (Å²) in [6, 6.07) is 7.58. The van der Waals surface area contributed by atoms with E-state index in [4.69, 9.17) is 15.2 Å². The van der Waals surface area contributed by atoms with Crippen LogP contribution in [-0.2, 0) is 0 Å². The minimum Gasteiger partial charge on any atom is -0.485 e. The maximum atomic E-state index is 5.90. The molecule has 0 fully saturated rings. The van der Waals surface area contributed by atoms with Gasteiger partial charge >= 0.3 is 0 Å². The lowest BCUT2D eigenvalue weighted by Crippen LogP contribution is -2.41. The fourth-order valence-electron chi connectivity index (χ4n) is 1.56. The lowest BCUT2D eigenvalue weighted by Gasteiger charge is -2.26. The van der Waals surface area contributed by atoms with Crippen molar-refractivity contribution in [3.63, 3.8) is 0 Å². The second kappa shape index (κ2) is 5.08. The number of nitrogens with zero attached hydrogens (tertiary/aromatic N) is 1. The standard InChI is InChI=1S/C13H18N2O2/c1-9(2)7-15-13(14)12-8-16-10-5-3-4-6-11(10)17-12/h3-6,9,12H,7-8H2,1-2H3,(H2,14,15). The SMILES string of the molecule is CC(C)CN=C(N)C1COc2ccccc2O1. The summed E-state index contributed by atoms with van der Waals surface area (Å²) in [5, 5.41) is 0. The van der Waals surface area contributed by atoms with Gasteiger partial charge in [0, 0.05) is 6.54 Å². The summed E-state index contributed by atoms with van der Waals surface area (Å²) in [5.74, 6) is 2.49. The highest BCUT2D eigenvalue weighted by Crippen LogP contribution is 2.30. The van der Waals surface area contributed by atoms with Gasteiger partial charge in [-0.25, -0.2) is 0 Å². The van der Waals surface area contributed by atoms with E-state index < -0.39 is 0 Å². The van der Waals surface area contributed by atoms with Crippen LogP contribution in [0, 0.1) is 5.92 Å². The third-order valence-electron chi connectivity index (χ3n) is 2.48. The number of hydrogen-bond donors (Lipinski definition) is 1. The molecule has 1 unspecified atom stereocenters. The molecular weight excluding hydrogens is 216 g/mol. The molecule has 0 aromatic heterocycles. The van der Waals surface area contributed by atoms with E-state index in [-0.39, 0.29) is 6.10 Å². The molecule has 17 heavy (non-hydrogen) atoms. The molecule has 4 nitrogen and oxygen atoms in total. The zero-order valence-electron chi connectivity index (χ0n) is 10.2. The number of hydrogen-bond acceptors (Lipinski definition) is 3. The molecule has 1 atom stereocenters. The molecule has 0 aliphatic carbocycles. The van der Waals surface area contributed by atoms with E-state index in [1.165, 1.54) is 0 Å². The Morgan fingerprint density at radius 1 is 1.41 bits per heavy atom. The Morgan fingerprint density at radius 3 is 2.82 bits per heavy atom. The minimum absolute atomic E-state index is 0.274. The summed E-state index contributed by atoms with van der Waals surface area (Å²) in [6.07, 6.45) is -0.274. The minimum atomic E-state index is -0.274. The molecule has 1 aliphatic rings. The number of para-hydroxylation sites is 2. The maximum Gasteiger partial charge on any atom is 0.189 e. The summed E-state index contributed by atoms with van der Waals surface area (Å²) in [4.78, 5) is 4.31. The van der Waals surface area contributed by atoms with Crippen LogP contribution in [0.3, 0.4) is 0 Å². The fourth-order valence-corrected chi connectivity index (χ4v) is 1.56. The third kappa shape index (κ3) is 2.90. The predicted octanol–water partition coefficient (Wildman–Crippen LogP) is 1.84. The van der Waals surface area contributed by atoms with Crippen molar-refractivity contribution in [1.82, 2.24) is 0 Å². The lowest BCUT2D eigenvalue weighted by molar-refractivity contribution is 0.134. The van der Waals surface area contributed by atoms with E-state index in [0.717, 1.165) is 11.5 Å². The van der Waals surface area contributed by atoms with Crippen LogP contribution in [-0.4, -0.2) is 25.1 Å². The predicted molar refractivity (Wildman–Crippen MR) is 67.7 cm³/mol. The third-order valence-corrected chi connectivity index (χ3v) is 2.48. The van der Waals surface area contributed by atoms with E-state index in [1.807, 2.05) is 24.3 Å². The Kier molecular flexibility index (Phi) is 3.52. The van der Waals surface area contributed by atoms with E-state index in [2.05, 4.69) is 18.8 Å². The number of fused-ring (bicyclic) bond motifs is 1. The summed E-state index contributed by atoms with van der Waals surface area (Å²) in [7, 11) is 0. The lowest BCUT2D eigenvalue weighted by atomic mass is 10.2. The molecule has 1 aliphatic heterocycles. The van der Waals surface area contributed by atoms with Gasteiger partial charge in [-0.3, -0.25) is 4.99 Å². The average molecular weight is 234 g/mol. The molecule has 0 spiro atoms. The fraction of sp³-hybridized carbons (Fsp3) is 0.462. The molecule has 1 heterocycles. The zero-order chi connectivity index (χ0) is 12.3. The molecule has 0 amide bonds. The van der Waals surface area contributed by atoms with Gasteiger partial charge in [0.1, 0.15) is 12.4 Å². The van der Waals surface area contributed by atoms with Crippen molar-refractivity contribution in [2.75, 3.05) is 13.2 Å². The van der Waals surface area contributed by atoms with Crippen LogP contribution in [0.15, 0.2) is 29.3 Å². The highest BCUT2D eigenvalue weighted by molar-refractivity contribution is 5.85. The van der Waals surface area contributed by atoms with Crippen molar-refractivity contribution in [2.24, 2.45) is 16.6 Å². The summed E-state index contributed by atoms with van der Waals surface area (Å²) in [6.45, 7) is 5.34. The summed E-state index contributed by atoms with van der Waals surface area (Å²) in [5.41, 5.74) is 5.90. The average Bonchev–Trinajstić information content (AvgIpc) is 2.35. The van der Waals surface area contributed by atoms with Gasteiger partial charge in [0.15, 0.2) is 17.6 Å². The van der Waals surface area contributed by atoms with Gasteiger partial charge in [0.2, 0.25) is 0 Å². The molecule has 0 radical (unpaired) electrons. The molecule has 4 heteroatoms. The van der Waals surface area contributed by atoms with Gasteiger partial charge in [-0.05, 0) is 18.1 Å². The van der Waals surface area contributed by atoms with Crippen molar-refractivity contribution in [3.05, 3.63) is 24.3 Å². The molecule has 1 aromatic rings. The van der Waals surface area contributed by atoms with E-state index in [0.29, 0.717) is 24.9 Å². The Hall–Kier alpha value is -1.71. The van der Waals surface area contributed by atoms with Gasteiger partial charge in [-0.2, -0.15) is 0 Å². The molecule has 2 N–H and O–H groups in total. The van der Waals surface area contributed by atoms with Gasteiger partial charge in [0.05, 0.1) is 0 Å². The van der Waals surface area contributed by atoms with Gasteiger partial charge in [0.25, 0.3) is 0 Å². The number of ether oxygens (including phenoxy) is 2. The summed E-state index contributed by atoms with van der Waals surface area (Å²) >= 11 is 0. The second-order valence-corrected chi connectivity index (χ2v) is 4.52. The van der Waals surface area contributed by atoms with Gasteiger partial charge in [-0.1, -0.05) is 26.0 Å².